The van der Waals surface area contributed by atoms with Gasteiger partial charge in [0.25, 0.3) is 17.7 Å². The second-order valence-corrected chi connectivity index (χ2v) is 18.8. The molecule has 0 unspecified atom stereocenters. The number of primary amides is 1. The number of carbonyl (C=O) groups excluding carboxylic acids is 9. The van der Waals surface area contributed by atoms with Crippen molar-refractivity contribution in [3.8, 4) is 0 Å². The van der Waals surface area contributed by atoms with Gasteiger partial charge in [0.2, 0.25) is 17.7 Å². The van der Waals surface area contributed by atoms with Crippen molar-refractivity contribution in [3.63, 3.8) is 0 Å². The molecule has 0 bridgehead atoms. The predicted molar refractivity (Wildman–Crippen MR) is 283 cm³/mol. The number of alkyl carbamates (subject to hydrolysis) is 1. The molecule has 0 fully saturated rings. The van der Waals surface area contributed by atoms with Crippen molar-refractivity contribution >= 4 is 82.3 Å². The number of nitrogens with two attached hydrogens (primary N) is 2. The fraction of sp³-hybridized carbons (Fsp3) is 0.426. The molecule has 0 radical (unpaired) electrons. The standard InChI is InChI=1S/C54H69N11O10/c1-5-11-36(12-6-2)49(69)39-26-37-17-18-38(27-43(37)62-44(55)28-39)50(70)61-41-25-35(29-57-31-41)30-59-54(74)75-32-34-15-19-40(20-16-34)60-51(71)42(13-10-23-58-53(56)73)63-52(72)48(33(3)4)64-45(66)14-8-7-9-24-65-46(67)21-22-47(65)68/h15-22,25-27,29,31,33,36,42,48H,5-14,23-24,28,30,32H2,1-4H3,(H2,55,62)(H,59,74)(H,60,71)(H,61,70)(H,63,72)(H,64,66)(H3,56,58,73)/t42-,48-/m0/s1. The molecule has 3 aromatic rings. The number of amidine groups is 1. The molecule has 75 heavy (non-hydrogen) atoms. The molecule has 0 saturated heterocycles. The number of amides is 9. The average Bonchev–Trinajstić information content (AvgIpc) is 3.59. The Morgan fingerprint density at radius 3 is 2.17 bits per heavy atom. The van der Waals surface area contributed by atoms with Crippen LogP contribution in [-0.2, 0) is 46.7 Å². The molecule has 0 spiro atoms. The number of aromatic nitrogens is 1. The fourth-order valence-corrected chi connectivity index (χ4v) is 8.41. The lowest BCUT2D eigenvalue weighted by molar-refractivity contribution is -0.137. The highest BCUT2D eigenvalue weighted by molar-refractivity contribution is 6.13. The van der Waals surface area contributed by atoms with Crippen LogP contribution in [0.2, 0.25) is 0 Å². The number of nitrogens with zero attached hydrogens (tertiary/aromatic N) is 3. The Hall–Kier alpha value is -8.23. The first kappa shape index (κ1) is 57.7. The Kier molecular flexibility index (Phi) is 22.2. The third-order valence-electron chi connectivity index (χ3n) is 12.4. The first-order valence-electron chi connectivity index (χ1n) is 25.4. The minimum atomic E-state index is -1.07. The van der Waals surface area contributed by atoms with E-state index < -0.39 is 41.9 Å². The number of pyridine rings is 1. The van der Waals surface area contributed by atoms with E-state index in [1.54, 1.807) is 62.4 Å². The van der Waals surface area contributed by atoms with Crippen LogP contribution in [-0.4, -0.2) is 94.2 Å². The molecular formula is C54H69N11O10. The molecule has 400 valence electrons. The molecule has 21 nitrogen and oxygen atoms in total. The van der Waals surface area contributed by atoms with E-state index >= 15 is 0 Å². The maximum absolute atomic E-state index is 13.6. The highest BCUT2D eigenvalue weighted by Crippen LogP contribution is 2.31. The van der Waals surface area contributed by atoms with E-state index in [2.05, 4.69) is 55.7 Å². The lowest BCUT2D eigenvalue weighted by Gasteiger charge is -2.25. The largest absolute Gasteiger partial charge is 0.445 e. The van der Waals surface area contributed by atoms with Crippen molar-refractivity contribution in [2.24, 2.45) is 28.3 Å². The lowest BCUT2D eigenvalue weighted by atomic mass is 9.87. The molecule has 21 heteroatoms. The summed E-state index contributed by atoms with van der Waals surface area (Å²) in [6.45, 7) is 7.96. The number of rotatable bonds is 28. The number of urea groups is 1. The SMILES string of the molecule is CCCC(CCC)C(=O)C1=Cc2ccc(C(=O)Nc3cncc(CNC(=O)OCc4ccc(NC(=O)[C@H](CCCNC(N)=O)NC(=O)[C@@H](NC(=O)CCCCCN5C(=O)C=CC5=O)C(C)C)cc4)c3)cc2N=C(N)C1. The van der Waals surface area contributed by atoms with Crippen LogP contribution in [0, 0.1) is 11.8 Å². The number of anilines is 2. The quantitative estimate of drug-likeness (QED) is 0.0315. The van der Waals surface area contributed by atoms with Crippen LogP contribution in [0.4, 0.5) is 26.7 Å². The molecule has 9 amide bonds. The summed E-state index contributed by atoms with van der Waals surface area (Å²) in [5.74, 6) is -2.70. The molecule has 3 heterocycles. The third kappa shape index (κ3) is 18.3. The topological polar surface area (TPSA) is 316 Å². The van der Waals surface area contributed by atoms with Crippen molar-refractivity contribution in [2.45, 2.75) is 124 Å². The van der Waals surface area contributed by atoms with E-state index in [0.717, 1.165) is 30.6 Å². The van der Waals surface area contributed by atoms with Gasteiger partial charge >= 0.3 is 12.1 Å². The highest BCUT2D eigenvalue weighted by atomic mass is 16.5. The predicted octanol–water partition coefficient (Wildman–Crippen LogP) is 5.82. The van der Waals surface area contributed by atoms with E-state index in [4.69, 9.17) is 16.2 Å². The van der Waals surface area contributed by atoms with Crippen LogP contribution in [0.3, 0.4) is 0 Å². The molecule has 2 atom stereocenters. The number of imide groups is 1. The number of unbranched alkanes of at least 4 members (excludes halogenated alkanes) is 2. The summed E-state index contributed by atoms with van der Waals surface area (Å²) in [4.78, 5) is 124. The Labute approximate surface area is 436 Å². The van der Waals surface area contributed by atoms with Gasteiger partial charge in [0.05, 0.1) is 17.6 Å². The van der Waals surface area contributed by atoms with Gasteiger partial charge in [0.1, 0.15) is 24.5 Å². The molecule has 0 aliphatic carbocycles. The van der Waals surface area contributed by atoms with Gasteiger partial charge in [-0.25, -0.2) is 14.6 Å². The number of fused-ring (bicyclic) bond motifs is 1. The Morgan fingerprint density at radius 2 is 1.49 bits per heavy atom. The number of carbonyl (C=O) groups is 9. The molecule has 2 aromatic carbocycles. The fourth-order valence-electron chi connectivity index (χ4n) is 8.41. The summed E-state index contributed by atoms with van der Waals surface area (Å²) < 4.78 is 5.41. The number of benzene rings is 2. The lowest BCUT2D eigenvalue weighted by Crippen LogP contribution is -2.54. The van der Waals surface area contributed by atoms with E-state index in [9.17, 15) is 43.2 Å². The van der Waals surface area contributed by atoms with Gasteiger partial charge in [-0.1, -0.05) is 65.2 Å². The molecule has 1 aromatic heterocycles. The second kappa shape index (κ2) is 28.9. The van der Waals surface area contributed by atoms with Crippen LogP contribution >= 0.6 is 0 Å². The molecule has 5 rings (SSSR count). The number of nitrogens with one attached hydrogen (secondary N) is 6. The Bertz CT molecular complexity index is 2640. The summed E-state index contributed by atoms with van der Waals surface area (Å²) in [7, 11) is 0. The average molecular weight is 1030 g/mol. The smallest absolute Gasteiger partial charge is 0.407 e. The first-order chi connectivity index (χ1) is 35.9. The zero-order valence-electron chi connectivity index (χ0n) is 43.0. The van der Waals surface area contributed by atoms with Crippen LogP contribution in [0.1, 0.15) is 125 Å². The molecule has 2 aliphatic heterocycles. The number of hydrogen-bond donors (Lipinski definition) is 8. The second-order valence-electron chi connectivity index (χ2n) is 18.8. The normalized spacial score (nSPS) is 13.7. The van der Waals surface area contributed by atoms with Crippen LogP contribution in [0.25, 0.3) is 6.08 Å². The third-order valence-corrected chi connectivity index (χ3v) is 12.4. The number of ether oxygens (including phenoxy) is 1. The minimum Gasteiger partial charge on any atom is -0.445 e. The Morgan fingerprint density at radius 1 is 0.773 bits per heavy atom. The van der Waals surface area contributed by atoms with Crippen molar-refractivity contribution in [3.05, 3.63) is 101 Å². The monoisotopic (exact) mass is 1030 g/mol. The number of Topliss-reactive ketones (excluding diaryl/α,β-unsaturated/α-hetero) is 1. The van der Waals surface area contributed by atoms with Gasteiger partial charge in [0, 0.05) is 79.1 Å². The van der Waals surface area contributed by atoms with Crippen molar-refractivity contribution < 1.29 is 47.9 Å². The van der Waals surface area contributed by atoms with Gasteiger partial charge in [-0.2, -0.15) is 0 Å². The molecular weight excluding hydrogens is 963 g/mol. The maximum atomic E-state index is 13.6. The number of aliphatic imine (C=N–C) groups is 1. The summed E-state index contributed by atoms with van der Waals surface area (Å²) in [6.07, 6.45) is 12.3. The van der Waals surface area contributed by atoms with Gasteiger partial charge in [-0.05, 0) is 92.0 Å². The molecule has 0 saturated carbocycles. The van der Waals surface area contributed by atoms with Crippen LogP contribution in [0.15, 0.2) is 83.6 Å². The summed E-state index contributed by atoms with van der Waals surface area (Å²) >= 11 is 0. The van der Waals surface area contributed by atoms with Crippen molar-refractivity contribution in [2.75, 3.05) is 23.7 Å². The minimum absolute atomic E-state index is 0.0335. The van der Waals surface area contributed by atoms with E-state index in [-0.39, 0.29) is 93.1 Å². The molecule has 10 N–H and O–H groups in total. The van der Waals surface area contributed by atoms with Gasteiger partial charge in [-0.15, -0.1) is 0 Å². The number of ketones is 1. The zero-order valence-corrected chi connectivity index (χ0v) is 43.0. The van der Waals surface area contributed by atoms with Gasteiger partial charge in [0.15, 0.2) is 5.78 Å². The summed E-state index contributed by atoms with van der Waals surface area (Å²) in [5.41, 5.74) is 15.5. The highest BCUT2D eigenvalue weighted by Gasteiger charge is 2.30. The van der Waals surface area contributed by atoms with Crippen LogP contribution in [0.5, 0.6) is 0 Å². The van der Waals surface area contributed by atoms with Gasteiger partial charge < -0.3 is 48.1 Å². The summed E-state index contributed by atoms with van der Waals surface area (Å²) in [5, 5.41) is 16.2. The zero-order chi connectivity index (χ0) is 54.4. The first-order valence-corrected chi connectivity index (χ1v) is 25.4. The van der Waals surface area contributed by atoms with Crippen molar-refractivity contribution in [1.29, 1.82) is 0 Å². The van der Waals surface area contributed by atoms with E-state index in [1.165, 1.54) is 24.5 Å². The van der Waals surface area contributed by atoms with E-state index in [1.807, 2.05) is 6.08 Å². The maximum Gasteiger partial charge on any atom is 0.407 e. The molecule has 2 aliphatic rings. The Balaban J connectivity index is 1.09. The van der Waals surface area contributed by atoms with Gasteiger partial charge in [-0.3, -0.25) is 43.4 Å². The summed E-state index contributed by atoms with van der Waals surface area (Å²) in [6, 6.07) is 10.4. The van der Waals surface area contributed by atoms with Crippen LogP contribution < -0.4 is 43.4 Å². The van der Waals surface area contributed by atoms with E-state index in [0.29, 0.717) is 64.2 Å². The number of hydrogen-bond acceptors (Lipinski definition) is 13. The van der Waals surface area contributed by atoms with Crippen molar-refractivity contribution in [1.82, 2.24) is 31.2 Å².